The Morgan fingerprint density at radius 1 is 1.21 bits per heavy atom. The van der Waals surface area contributed by atoms with Crippen LogP contribution in [0.1, 0.15) is 48.3 Å². The molecule has 0 spiro atoms. The molecular weight excluding hydrogens is 440 g/mol. The third-order valence-corrected chi connectivity index (χ3v) is 7.27. The second-order valence-corrected chi connectivity index (χ2v) is 9.38. The third kappa shape index (κ3) is 4.44. The fourth-order valence-corrected chi connectivity index (χ4v) is 5.13. The Balaban J connectivity index is 1.40. The van der Waals surface area contributed by atoms with Crippen LogP contribution in [0.4, 0.5) is 5.82 Å². The van der Waals surface area contributed by atoms with Crippen LogP contribution in [-0.2, 0) is 16.0 Å². The van der Waals surface area contributed by atoms with Crippen LogP contribution in [0.15, 0.2) is 36.4 Å². The van der Waals surface area contributed by atoms with Gasteiger partial charge in [0.1, 0.15) is 16.8 Å². The molecule has 0 bridgehead atoms. The predicted molar refractivity (Wildman–Crippen MR) is 128 cm³/mol. The smallest absolute Gasteiger partial charge is 0.337 e. The first-order valence-electron chi connectivity index (χ1n) is 11.6. The summed E-state index contributed by atoms with van der Waals surface area (Å²) in [6.07, 6.45) is 3.37. The number of aromatic nitrogens is 3. The molecule has 0 amide bonds. The number of halogens is 1. The molecule has 174 valence electrons. The van der Waals surface area contributed by atoms with Crippen LogP contribution in [0.5, 0.6) is 0 Å². The summed E-state index contributed by atoms with van der Waals surface area (Å²) in [4.78, 5) is 23.9. The largest absolute Gasteiger partial charge is 0.465 e. The van der Waals surface area contributed by atoms with Gasteiger partial charge in [-0.3, -0.25) is 0 Å². The van der Waals surface area contributed by atoms with Gasteiger partial charge >= 0.3 is 5.97 Å². The molecule has 1 aromatic carbocycles. The molecule has 0 aliphatic carbocycles. The van der Waals surface area contributed by atoms with Gasteiger partial charge < -0.3 is 18.9 Å². The summed E-state index contributed by atoms with van der Waals surface area (Å²) in [6, 6.07) is 11.4. The van der Waals surface area contributed by atoms with Crippen LogP contribution in [-0.4, -0.2) is 53.4 Å². The number of pyridine rings is 1. The van der Waals surface area contributed by atoms with Crippen molar-refractivity contribution in [3.05, 3.63) is 52.9 Å². The highest BCUT2D eigenvalue weighted by atomic mass is 35.5. The summed E-state index contributed by atoms with van der Waals surface area (Å²) in [6.45, 7) is 5.73. The summed E-state index contributed by atoms with van der Waals surface area (Å²) < 4.78 is 12.9. The van der Waals surface area contributed by atoms with Gasteiger partial charge in [-0.1, -0.05) is 24.6 Å². The van der Waals surface area contributed by atoms with Gasteiger partial charge in [0.15, 0.2) is 0 Å². The number of imidazole rings is 1. The van der Waals surface area contributed by atoms with E-state index in [4.69, 9.17) is 26.1 Å². The molecule has 3 aromatic rings. The van der Waals surface area contributed by atoms with Gasteiger partial charge in [0.05, 0.1) is 36.4 Å². The van der Waals surface area contributed by atoms with Gasteiger partial charge in [-0.15, -0.1) is 0 Å². The molecule has 0 saturated carbocycles. The third-order valence-electron chi connectivity index (χ3n) is 7.06. The Kier molecular flexibility index (Phi) is 6.25. The van der Waals surface area contributed by atoms with E-state index < -0.39 is 0 Å². The maximum absolute atomic E-state index is 12.1. The number of carbonyl (C=O) groups is 1. The number of ether oxygens (including phenoxy) is 2. The average molecular weight is 469 g/mol. The van der Waals surface area contributed by atoms with Crippen molar-refractivity contribution in [3.8, 4) is 0 Å². The molecular formula is C25H29ClN4O3. The molecule has 7 nitrogen and oxygen atoms in total. The molecule has 0 radical (unpaired) electrons. The SMILES string of the molecule is COC(=O)c1ccc2nc(C(C)C3CCN(c4cccc(Cl)n4)CC3)n(CC3CCO3)c2c1. The lowest BCUT2D eigenvalue weighted by molar-refractivity contribution is -0.0592. The van der Waals surface area contributed by atoms with E-state index in [2.05, 4.69) is 21.4 Å². The predicted octanol–water partition coefficient (Wildman–Crippen LogP) is 4.68. The normalized spacial score (nSPS) is 20.0. The number of benzene rings is 1. The van der Waals surface area contributed by atoms with Gasteiger partial charge in [-0.25, -0.2) is 14.8 Å². The van der Waals surface area contributed by atoms with Gasteiger partial charge in [-0.05, 0) is 55.5 Å². The van der Waals surface area contributed by atoms with Crippen molar-refractivity contribution in [2.75, 3.05) is 31.7 Å². The molecule has 4 heterocycles. The number of rotatable bonds is 6. The van der Waals surface area contributed by atoms with E-state index in [-0.39, 0.29) is 18.0 Å². The number of piperidine rings is 1. The summed E-state index contributed by atoms with van der Waals surface area (Å²) in [5, 5.41) is 0.529. The number of hydrogen-bond donors (Lipinski definition) is 0. The molecule has 2 aliphatic rings. The Hall–Kier alpha value is -2.64. The van der Waals surface area contributed by atoms with Crippen LogP contribution in [0, 0.1) is 5.92 Å². The number of methoxy groups -OCH3 is 1. The van der Waals surface area contributed by atoms with Crippen LogP contribution in [0.3, 0.4) is 0 Å². The molecule has 2 atom stereocenters. The molecule has 5 rings (SSSR count). The molecule has 2 aromatic heterocycles. The lowest BCUT2D eigenvalue weighted by Gasteiger charge is -2.36. The van der Waals surface area contributed by atoms with E-state index in [1.54, 1.807) is 6.07 Å². The quantitative estimate of drug-likeness (QED) is 0.386. The molecule has 2 saturated heterocycles. The maximum Gasteiger partial charge on any atom is 0.337 e. The second-order valence-electron chi connectivity index (χ2n) is 8.99. The van der Waals surface area contributed by atoms with E-state index >= 15 is 0 Å². The monoisotopic (exact) mass is 468 g/mol. The van der Waals surface area contributed by atoms with Crippen LogP contribution >= 0.6 is 11.6 Å². The molecule has 0 N–H and O–H groups in total. The highest BCUT2D eigenvalue weighted by Crippen LogP contribution is 2.35. The van der Waals surface area contributed by atoms with Crippen molar-refractivity contribution in [1.82, 2.24) is 14.5 Å². The van der Waals surface area contributed by atoms with Gasteiger partial charge in [0.25, 0.3) is 0 Å². The Morgan fingerprint density at radius 3 is 2.67 bits per heavy atom. The van der Waals surface area contributed by atoms with Gasteiger partial charge in [0.2, 0.25) is 0 Å². The Morgan fingerprint density at radius 2 is 2.00 bits per heavy atom. The zero-order valence-corrected chi connectivity index (χ0v) is 19.8. The number of carbonyl (C=O) groups excluding carboxylic acids is 1. The first-order chi connectivity index (χ1) is 16.0. The van der Waals surface area contributed by atoms with Crippen molar-refractivity contribution in [3.63, 3.8) is 0 Å². The van der Waals surface area contributed by atoms with Gasteiger partial charge in [0, 0.05) is 25.6 Å². The number of hydrogen-bond acceptors (Lipinski definition) is 6. The average Bonchev–Trinajstić information content (AvgIpc) is 3.18. The topological polar surface area (TPSA) is 69.5 Å². The maximum atomic E-state index is 12.1. The molecule has 2 unspecified atom stereocenters. The summed E-state index contributed by atoms with van der Waals surface area (Å²) >= 11 is 6.09. The summed E-state index contributed by atoms with van der Waals surface area (Å²) in [5.41, 5.74) is 2.42. The van der Waals surface area contributed by atoms with Crippen molar-refractivity contribution < 1.29 is 14.3 Å². The molecule has 2 fully saturated rings. The lowest BCUT2D eigenvalue weighted by atomic mass is 9.84. The van der Waals surface area contributed by atoms with Crippen molar-refractivity contribution in [2.24, 2.45) is 5.92 Å². The van der Waals surface area contributed by atoms with Crippen molar-refractivity contribution in [2.45, 2.75) is 44.8 Å². The zero-order valence-electron chi connectivity index (χ0n) is 19.0. The first kappa shape index (κ1) is 22.2. The summed E-state index contributed by atoms with van der Waals surface area (Å²) in [5.74, 6) is 2.48. The Bertz CT molecular complexity index is 1150. The van der Waals surface area contributed by atoms with Crippen molar-refractivity contribution in [1.29, 1.82) is 0 Å². The fraction of sp³-hybridized carbons (Fsp3) is 0.480. The van der Waals surface area contributed by atoms with Crippen LogP contribution < -0.4 is 4.90 Å². The molecule has 33 heavy (non-hydrogen) atoms. The Labute approximate surface area is 198 Å². The zero-order chi connectivity index (χ0) is 22.9. The minimum Gasteiger partial charge on any atom is -0.465 e. The number of esters is 1. The standard InChI is InChI=1S/C25H29ClN4O3/c1-16(17-8-11-29(12-9-17)23-5-3-4-22(26)28-23)24-27-20-7-6-18(25(31)32-2)14-21(20)30(24)15-19-10-13-33-19/h3-7,14,16-17,19H,8-13,15H2,1-2H3. The number of anilines is 1. The molecule has 2 aliphatic heterocycles. The van der Waals surface area contributed by atoms with E-state index in [0.29, 0.717) is 16.6 Å². The van der Waals surface area contributed by atoms with Crippen LogP contribution in [0.2, 0.25) is 5.15 Å². The van der Waals surface area contributed by atoms with E-state index in [1.807, 2.05) is 30.3 Å². The van der Waals surface area contributed by atoms with E-state index in [0.717, 1.165) is 68.2 Å². The fourth-order valence-electron chi connectivity index (χ4n) is 4.97. The minimum absolute atomic E-state index is 0.200. The number of fused-ring (bicyclic) bond motifs is 1. The highest BCUT2D eigenvalue weighted by Gasteiger charge is 2.30. The summed E-state index contributed by atoms with van der Waals surface area (Å²) in [7, 11) is 1.41. The first-order valence-corrected chi connectivity index (χ1v) is 12.0. The minimum atomic E-state index is -0.332. The van der Waals surface area contributed by atoms with E-state index in [1.165, 1.54) is 7.11 Å². The second kappa shape index (κ2) is 9.31. The van der Waals surface area contributed by atoms with Gasteiger partial charge in [-0.2, -0.15) is 0 Å². The highest BCUT2D eigenvalue weighted by molar-refractivity contribution is 6.29. The van der Waals surface area contributed by atoms with E-state index in [9.17, 15) is 4.79 Å². The lowest BCUT2D eigenvalue weighted by Crippen LogP contribution is -2.36. The van der Waals surface area contributed by atoms with Crippen LogP contribution in [0.25, 0.3) is 11.0 Å². The van der Waals surface area contributed by atoms with Crippen molar-refractivity contribution >= 4 is 34.4 Å². The number of nitrogens with zero attached hydrogens (tertiary/aromatic N) is 4. The molecule has 8 heteroatoms.